The number of hydrogen-bond donors (Lipinski definition) is 0. The minimum atomic E-state index is -1.27. The lowest BCUT2D eigenvalue weighted by Gasteiger charge is -2.17. The first-order valence-corrected chi connectivity index (χ1v) is 8.30. The van der Waals surface area contributed by atoms with Crippen LogP contribution < -0.4 is 5.19 Å². The Labute approximate surface area is 87.2 Å². The molecule has 0 aliphatic carbocycles. The van der Waals surface area contributed by atoms with Crippen molar-refractivity contribution in [3.8, 4) is 0 Å². The number of carbonyl (C=O) groups is 1. The van der Waals surface area contributed by atoms with Crippen molar-refractivity contribution < 1.29 is 4.79 Å². The summed E-state index contributed by atoms with van der Waals surface area (Å²) in [6, 6.07) is 6.03. The Hall–Kier alpha value is -0.893. The average Bonchev–Trinajstić information content (AvgIpc) is 2.01. The molecule has 0 atom stereocenters. The van der Waals surface area contributed by atoms with Gasteiger partial charge in [-0.1, -0.05) is 43.0 Å². The third-order valence-electron chi connectivity index (χ3n) is 2.35. The molecule has 0 spiro atoms. The van der Waals surface area contributed by atoms with Gasteiger partial charge in [-0.2, -0.15) is 0 Å². The standard InChI is InChI=1S/C12H17OSi/c1-9-8-11(14(3,4)5)6-7-12(9)10(2)13/h6-8H,1H2,2-5H3. The van der Waals surface area contributed by atoms with Crippen LogP contribution in [-0.2, 0) is 0 Å². The monoisotopic (exact) mass is 205 g/mol. The van der Waals surface area contributed by atoms with Gasteiger partial charge >= 0.3 is 0 Å². The maximum Gasteiger partial charge on any atom is 0.160 e. The smallest absolute Gasteiger partial charge is 0.160 e. The maximum atomic E-state index is 11.2. The van der Waals surface area contributed by atoms with E-state index in [1.54, 1.807) is 6.92 Å². The fraction of sp³-hybridized carbons (Fsp3) is 0.333. The molecule has 2 heteroatoms. The number of Topliss-reactive ketones (excluding diaryl/α,β-unsaturated/α-hetero) is 1. The summed E-state index contributed by atoms with van der Waals surface area (Å²) in [4.78, 5) is 11.2. The third-order valence-corrected chi connectivity index (χ3v) is 4.39. The number of hydrogen-bond acceptors (Lipinski definition) is 1. The quantitative estimate of drug-likeness (QED) is 0.536. The Morgan fingerprint density at radius 1 is 1.29 bits per heavy atom. The number of rotatable bonds is 2. The van der Waals surface area contributed by atoms with Gasteiger partial charge in [0.25, 0.3) is 0 Å². The first-order valence-electron chi connectivity index (χ1n) is 4.80. The van der Waals surface area contributed by atoms with Crippen LogP contribution in [0.25, 0.3) is 0 Å². The lowest BCUT2D eigenvalue weighted by molar-refractivity contribution is 0.101. The van der Waals surface area contributed by atoms with Crippen LogP contribution in [0.4, 0.5) is 0 Å². The topological polar surface area (TPSA) is 17.1 Å². The van der Waals surface area contributed by atoms with Crippen LogP contribution in [0.5, 0.6) is 0 Å². The molecule has 0 aliphatic heterocycles. The maximum absolute atomic E-state index is 11.2. The largest absolute Gasteiger partial charge is 0.295 e. The third kappa shape index (κ3) is 2.32. The van der Waals surface area contributed by atoms with Gasteiger partial charge < -0.3 is 0 Å². The van der Waals surface area contributed by atoms with Crippen LogP contribution in [0.2, 0.25) is 19.6 Å². The molecule has 1 rings (SSSR count). The van der Waals surface area contributed by atoms with Gasteiger partial charge in [0.15, 0.2) is 5.78 Å². The molecule has 0 saturated carbocycles. The zero-order valence-electron chi connectivity index (χ0n) is 9.35. The van der Waals surface area contributed by atoms with Gasteiger partial charge in [0.05, 0.1) is 8.07 Å². The second-order valence-corrected chi connectivity index (χ2v) is 9.76. The van der Waals surface area contributed by atoms with Crippen molar-refractivity contribution in [3.05, 3.63) is 36.2 Å². The van der Waals surface area contributed by atoms with Gasteiger partial charge in [0.2, 0.25) is 0 Å². The first-order chi connectivity index (χ1) is 6.32. The van der Waals surface area contributed by atoms with Crippen molar-refractivity contribution in [2.45, 2.75) is 26.6 Å². The Morgan fingerprint density at radius 3 is 2.21 bits per heavy atom. The van der Waals surface area contributed by atoms with E-state index < -0.39 is 8.07 Å². The minimum Gasteiger partial charge on any atom is -0.295 e. The molecule has 0 heterocycles. The van der Waals surface area contributed by atoms with Gasteiger partial charge in [0.1, 0.15) is 0 Å². The summed E-state index contributed by atoms with van der Waals surface area (Å²) in [7, 11) is -1.27. The molecule has 0 aliphatic rings. The average molecular weight is 205 g/mol. The van der Waals surface area contributed by atoms with Crippen LogP contribution in [0.1, 0.15) is 22.8 Å². The Balaban J connectivity index is 3.20. The molecule has 1 nitrogen and oxygen atoms in total. The molecule has 14 heavy (non-hydrogen) atoms. The van der Waals surface area contributed by atoms with Crippen LogP contribution in [0.3, 0.4) is 0 Å². The van der Waals surface area contributed by atoms with Crippen molar-refractivity contribution in [2.24, 2.45) is 0 Å². The highest BCUT2D eigenvalue weighted by atomic mass is 28.3. The fourth-order valence-electron chi connectivity index (χ4n) is 1.40. The van der Waals surface area contributed by atoms with E-state index >= 15 is 0 Å². The van der Waals surface area contributed by atoms with Gasteiger partial charge in [-0.05, 0) is 19.4 Å². The molecule has 75 valence electrons. The predicted octanol–water partition coefficient (Wildman–Crippen LogP) is 2.62. The van der Waals surface area contributed by atoms with E-state index in [4.69, 9.17) is 0 Å². The highest BCUT2D eigenvalue weighted by Gasteiger charge is 2.17. The predicted molar refractivity (Wildman–Crippen MR) is 63.9 cm³/mol. The van der Waals surface area contributed by atoms with Gasteiger partial charge in [0, 0.05) is 5.56 Å². The van der Waals surface area contributed by atoms with E-state index in [0.717, 1.165) is 11.1 Å². The molecule has 1 radical (unpaired) electrons. The molecule has 0 N–H and O–H groups in total. The van der Waals surface area contributed by atoms with Crippen molar-refractivity contribution in [2.75, 3.05) is 0 Å². The summed E-state index contributed by atoms with van der Waals surface area (Å²) in [5, 5.41) is 1.35. The molecular formula is C12H17OSi. The zero-order chi connectivity index (χ0) is 10.9. The summed E-state index contributed by atoms with van der Waals surface area (Å²) in [6.07, 6.45) is 0. The lowest BCUT2D eigenvalue weighted by Crippen LogP contribution is -2.37. The molecule has 0 amide bonds. The van der Waals surface area contributed by atoms with Crippen LogP contribution in [-0.4, -0.2) is 13.9 Å². The van der Waals surface area contributed by atoms with Crippen molar-refractivity contribution in [3.63, 3.8) is 0 Å². The SMILES string of the molecule is [CH2]c1cc([Si](C)(C)C)ccc1C(C)=O. The second-order valence-electron chi connectivity index (χ2n) is 4.68. The molecule has 0 fully saturated rings. The number of carbonyl (C=O) groups excluding carboxylic acids is 1. The van der Waals surface area contributed by atoms with E-state index in [1.165, 1.54) is 5.19 Å². The van der Waals surface area contributed by atoms with E-state index in [0.29, 0.717) is 0 Å². The number of benzene rings is 1. The Morgan fingerprint density at radius 2 is 1.86 bits per heavy atom. The first kappa shape index (κ1) is 11.2. The summed E-state index contributed by atoms with van der Waals surface area (Å²) < 4.78 is 0. The van der Waals surface area contributed by atoms with Crippen LogP contribution >= 0.6 is 0 Å². The zero-order valence-corrected chi connectivity index (χ0v) is 10.3. The van der Waals surface area contributed by atoms with Gasteiger partial charge in [-0.25, -0.2) is 0 Å². The molecular weight excluding hydrogens is 188 g/mol. The molecule has 0 unspecified atom stereocenters. The normalized spacial score (nSPS) is 11.5. The summed E-state index contributed by atoms with van der Waals surface area (Å²) in [6.45, 7) is 12.4. The minimum absolute atomic E-state index is 0.0946. The van der Waals surface area contributed by atoms with Gasteiger partial charge in [-0.3, -0.25) is 4.79 Å². The van der Waals surface area contributed by atoms with Crippen molar-refractivity contribution >= 4 is 19.0 Å². The van der Waals surface area contributed by atoms with Crippen LogP contribution in [0, 0.1) is 6.92 Å². The second kappa shape index (κ2) is 3.69. The van der Waals surface area contributed by atoms with Gasteiger partial charge in [-0.15, -0.1) is 0 Å². The number of ketones is 1. The van der Waals surface area contributed by atoms with Crippen molar-refractivity contribution in [1.29, 1.82) is 0 Å². The van der Waals surface area contributed by atoms with E-state index in [2.05, 4.69) is 38.7 Å². The molecule has 0 aromatic heterocycles. The van der Waals surface area contributed by atoms with E-state index in [-0.39, 0.29) is 5.78 Å². The highest BCUT2D eigenvalue weighted by Crippen LogP contribution is 2.10. The lowest BCUT2D eigenvalue weighted by atomic mass is 10.1. The molecule has 0 saturated heterocycles. The summed E-state index contributed by atoms with van der Waals surface area (Å²) >= 11 is 0. The molecule has 0 bridgehead atoms. The molecule has 1 aromatic carbocycles. The summed E-state index contributed by atoms with van der Waals surface area (Å²) in [5.74, 6) is 0.0946. The van der Waals surface area contributed by atoms with Crippen molar-refractivity contribution in [1.82, 2.24) is 0 Å². The highest BCUT2D eigenvalue weighted by molar-refractivity contribution is 6.88. The van der Waals surface area contributed by atoms with Crippen LogP contribution in [0.15, 0.2) is 18.2 Å². The fourth-order valence-corrected chi connectivity index (χ4v) is 2.59. The Bertz CT molecular complexity index is 361. The molecule has 1 aromatic rings. The Kier molecular flexibility index (Phi) is 2.95. The summed E-state index contributed by atoms with van der Waals surface area (Å²) in [5.41, 5.74) is 1.60. The van der Waals surface area contributed by atoms with E-state index in [9.17, 15) is 4.79 Å². The van der Waals surface area contributed by atoms with E-state index in [1.807, 2.05) is 6.07 Å².